The van der Waals surface area contributed by atoms with E-state index in [0.29, 0.717) is 24.1 Å². The molecule has 0 unspecified atom stereocenters. The summed E-state index contributed by atoms with van der Waals surface area (Å²) >= 11 is 0. The van der Waals surface area contributed by atoms with E-state index in [1.54, 1.807) is 18.2 Å². The van der Waals surface area contributed by atoms with E-state index in [1.807, 2.05) is 43.3 Å². The van der Waals surface area contributed by atoms with Crippen LogP contribution in [0.25, 0.3) is 0 Å². The van der Waals surface area contributed by atoms with Gasteiger partial charge in [0.15, 0.2) is 6.10 Å². The predicted molar refractivity (Wildman–Crippen MR) is 116 cm³/mol. The number of phenolic OH excluding ortho intramolecular Hbond substituents is 1. The molecule has 160 valence electrons. The van der Waals surface area contributed by atoms with Crippen molar-refractivity contribution >= 4 is 11.8 Å². The molecule has 1 heterocycles. The molecule has 0 spiro atoms. The number of nitrogens with zero attached hydrogens (tertiary/aromatic N) is 1. The van der Waals surface area contributed by atoms with Crippen LogP contribution in [0.4, 0.5) is 14.9 Å². The number of anilines is 1. The number of cyclic esters (lactones) is 1. The van der Waals surface area contributed by atoms with E-state index >= 15 is 0 Å². The van der Waals surface area contributed by atoms with Crippen LogP contribution in [0.3, 0.4) is 0 Å². The number of aliphatic hydroxyl groups excluding tert-OH is 1. The molecule has 31 heavy (non-hydrogen) atoms. The van der Waals surface area contributed by atoms with Gasteiger partial charge < -0.3 is 14.9 Å². The highest BCUT2D eigenvalue weighted by molar-refractivity contribution is 5.91. The number of phenols is 1. The summed E-state index contributed by atoms with van der Waals surface area (Å²) in [5.41, 5.74) is 2.64. The second-order valence-corrected chi connectivity index (χ2v) is 7.80. The van der Waals surface area contributed by atoms with Gasteiger partial charge >= 0.3 is 6.09 Å². The summed E-state index contributed by atoms with van der Waals surface area (Å²) in [7, 11) is 0. The molecule has 1 aliphatic heterocycles. The molecule has 0 saturated carbocycles. The number of hydrogen-bond acceptors (Lipinski definition) is 4. The van der Waals surface area contributed by atoms with E-state index in [1.165, 1.54) is 23.1 Å². The van der Waals surface area contributed by atoms with Gasteiger partial charge in [-0.05, 0) is 55.2 Å². The van der Waals surface area contributed by atoms with Crippen molar-refractivity contribution in [2.75, 3.05) is 4.90 Å². The largest absolute Gasteiger partial charge is 0.508 e. The third kappa shape index (κ3) is 4.39. The lowest BCUT2D eigenvalue weighted by atomic mass is 9.92. The molecular formula is C25H24FNO4. The fraction of sp³-hybridized carbons (Fsp3) is 0.240. The number of carbonyl (C=O) groups excluding carboxylic acids is 1. The Balaban J connectivity index is 1.68. The predicted octanol–water partition coefficient (Wildman–Crippen LogP) is 4.90. The number of halogens is 1. The van der Waals surface area contributed by atoms with Gasteiger partial charge in [-0.3, -0.25) is 4.90 Å². The van der Waals surface area contributed by atoms with Crippen LogP contribution in [0.5, 0.6) is 5.75 Å². The van der Waals surface area contributed by atoms with Gasteiger partial charge in [0.2, 0.25) is 0 Å². The highest BCUT2D eigenvalue weighted by Gasteiger charge is 2.47. The standard InChI is InChI=1S/C25H24FNO4/c1-16-10-12-20(22(29)14-16)23-24(21(28)13-11-17-6-3-2-4-7-17)31-25(30)27(23)19-9-5-8-18(26)15-19/h2-10,12,14-15,21,23-24,28-29H,11,13H2,1H3/t21-,23-,24-/m1/s1. The average Bonchev–Trinajstić information content (AvgIpc) is 3.09. The highest BCUT2D eigenvalue weighted by atomic mass is 19.1. The quantitative estimate of drug-likeness (QED) is 0.594. The van der Waals surface area contributed by atoms with Crippen LogP contribution in [-0.2, 0) is 11.2 Å². The summed E-state index contributed by atoms with van der Waals surface area (Å²) in [5.74, 6) is -0.504. The minimum atomic E-state index is -0.978. The molecule has 1 aliphatic rings. The first-order valence-corrected chi connectivity index (χ1v) is 10.2. The van der Waals surface area contributed by atoms with Gasteiger partial charge in [0.1, 0.15) is 17.6 Å². The molecule has 0 aliphatic carbocycles. The van der Waals surface area contributed by atoms with Crippen LogP contribution in [0.1, 0.15) is 29.2 Å². The number of aliphatic hydroxyl groups is 1. The van der Waals surface area contributed by atoms with Gasteiger partial charge in [0.05, 0.1) is 11.8 Å². The van der Waals surface area contributed by atoms with E-state index < -0.39 is 30.2 Å². The smallest absolute Gasteiger partial charge is 0.415 e. The van der Waals surface area contributed by atoms with Crippen molar-refractivity contribution in [3.63, 3.8) is 0 Å². The number of benzene rings is 3. The Hall–Kier alpha value is -3.38. The number of amides is 1. The van der Waals surface area contributed by atoms with Crippen molar-refractivity contribution in [2.24, 2.45) is 0 Å². The Morgan fingerprint density at radius 3 is 2.55 bits per heavy atom. The molecule has 3 aromatic rings. The summed E-state index contributed by atoms with van der Waals surface area (Å²) in [6, 6.07) is 19.6. The van der Waals surface area contributed by atoms with Gasteiger partial charge in [0, 0.05) is 5.56 Å². The highest BCUT2D eigenvalue weighted by Crippen LogP contribution is 2.42. The first kappa shape index (κ1) is 20.9. The van der Waals surface area contributed by atoms with E-state index in [4.69, 9.17) is 4.74 Å². The van der Waals surface area contributed by atoms with Crippen molar-refractivity contribution in [3.8, 4) is 5.75 Å². The van der Waals surface area contributed by atoms with Crippen molar-refractivity contribution in [3.05, 3.63) is 95.3 Å². The Morgan fingerprint density at radius 1 is 1.06 bits per heavy atom. The fourth-order valence-corrected chi connectivity index (χ4v) is 4.02. The molecule has 4 rings (SSSR count). The number of hydrogen-bond donors (Lipinski definition) is 2. The molecule has 0 bridgehead atoms. The SMILES string of the molecule is Cc1ccc([C@@H]2[C@@H]([C@H](O)CCc3ccccc3)OC(=O)N2c2cccc(F)c2)c(O)c1. The minimum absolute atomic E-state index is 0.00929. The number of carbonyl (C=O) groups is 1. The lowest BCUT2D eigenvalue weighted by Crippen LogP contribution is -2.35. The van der Waals surface area contributed by atoms with Gasteiger partial charge in [-0.2, -0.15) is 0 Å². The van der Waals surface area contributed by atoms with Crippen LogP contribution in [0.2, 0.25) is 0 Å². The van der Waals surface area contributed by atoms with Crippen molar-refractivity contribution in [2.45, 2.75) is 38.0 Å². The first-order chi connectivity index (χ1) is 14.9. The zero-order chi connectivity index (χ0) is 22.0. The maximum absolute atomic E-state index is 13.9. The number of aromatic hydroxyl groups is 1. The van der Waals surface area contributed by atoms with Crippen LogP contribution in [0, 0.1) is 12.7 Å². The Labute approximate surface area is 180 Å². The third-order valence-electron chi connectivity index (χ3n) is 5.56. The lowest BCUT2D eigenvalue weighted by molar-refractivity contribution is 0.0143. The van der Waals surface area contributed by atoms with E-state index in [9.17, 15) is 19.4 Å². The molecule has 0 radical (unpaired) electrons. The number of aryl methyl sites for hydroxylation is 2. The van der Waals surface area contributed by atoms with Crippen molar-refractivity contribution in [1.82, 2.24) is 0 Å². The summed E-state index contributed by atoms with van der Waals surface area (Å²) in [5, 5.41) is 21.6. The monoisotopic (exact) mass is 421 g/mol. The van der Waals surface area contributed by atoms with Gasteiger partial charge in [0.25, 0.3) is 0 Å². The number of ether oxygens (including phenoxy) is 1. The molecule has 3 atom stereocenters. The normalized spacial score (nSPS) is 19.3. The summed E-state index contributed by atoms with van der Waals surface area (Å²) in [4.78, 5) is 14.1. The molecule has 2 N–H and O–H groups in total. The molecule has 1 fully saturated rings. The summed E-state index contributed by atoms with van der Waals surface area (Å²) in [6.45, 7) is 1.84. The van der Waals surface area contributed by atoms with Gasteiger partial charge in [-0.1, -0.05) is 48.5 Å². The number of rotatable bonds is 6. The van der Waals surface area contributed by atoms with Crippen molar-refractivity contribution < 1.29 is 24.1 Å². The zero-order valence-corrected chi connectivity index (χ0v) is 17.1. The molecule has 5 nitrogen and oxygen atoms in total. The van der Waals surface area contributed by atoms with E-state index in [0.717, 1.165) is 11.1 Å². The average molecular weight is 421 g/mol. The molecule has 3 aromatic carbocycles. The Morgan fingerprint density at radius 2 is 1.84 bits per heavy atom. The summed E-state index contributed by atoms with van der Waals surface area (Å²) in [6.07, 6.45) is -1.63. The molecular weight excluding hydrogens is 397 g/mol. The second kappa shape index (κ2) is 8.78. The molecule has 6 heteroatoms. The van der Waals surface area contributed by atoms with Crippen LogP contribution < -0.4 is 4.90 Å². The fourth-order valence-electron chi connectivity index (χ4n) is 4.02. The summed E-state index contributed by atoms with van der Waals surface area (Å²) < 4.78 is 19.5. The van der Waals surface area contributed by atoms with Gasteiger partial charge in [-0.15, -0.1) is 0 Å². The Kier molecular flexibility index (Phi) is 5.91. The van der Waals surface area contributed by atoms with Crippen LogP contribution >= 0.6 is 0 Å². The molecule has 0 aromatic heterocycles. The second-order valence-electron chi connectivity index (χ2n) is 7.80. The first-order valence-electron chi connectivity index (χ1n) is 10.2. The maximum Gasteiger partial charge on any atom is 0.415 e. The van der Waals surface area contributed by atoms with Crippen LogP contribution in [-0.4, -0.2) is 28.5 Å². The third-order valence-corrected chi connectivity index (χ3v) is 5.56. The zero-order valence-electron chi connectivity index (χ0n) is 17.1. The molecule has 1 saturated heterocycles. The van der Waals surface area contributed by atoms with Crippen LogP contribution in [0.15, 0.2) is 72.8 Å². The molecule has 1 amide bonds. The maximum atomic E-state index is 13.9. The van der Waals surface area contributed by atoms with Crippen molar-refractivity contribution in [1.29, 1.82) is 0 Å². The van der Waals surface area contributed by atoms with E-state index in [2.05, 4.69) is 0 Å². The van der Waals surface area contributed by atoms with E-state index in [-0.39, 0.29) is 5.75 Å². The topological polar surface area (TPSA) is 70.0 Å². The lowest BCUT2D eigenvalue weighted by Gasteiger charge is -2.28. The minimum Gasteiger partial charge on any atom is -0.508 e. The van der Waals surface area contributed by atoms with Gasteiger partial charge in [-0.25, -0.2) is 9.18 Å². The Bertz CT molecular complexity index is 1070.